The molecule has 1 heterocycles. The van der Waals surface area contributed by atoms with E-state index in [-0.39, 0.29) is 62.8 Å². The number of aliphatic imine (C=N–C) groups is 1. The average molecular weight is 974 g/mol. The topological polar surface area (TPSA) is 452 Å². The van der Waals surface area contributed by atoms with Crippen LogP contribution in [0.25, 0.3) is 0 Å². The summed E-state index contributed by atoms with van der Waals surface area (Å²) in [4.78, 5) is 146. The minimum atomic E-state index is -1.65. The van der Waals surface area contributed by atoms with Gasteiger partial charge >= 0.3 is 11.9 Å². The van der Waals surface area contributed by atoms with Crippen LogP contribution in [0.5, 0.6) is 0 Å². The summed E-state index contributed by atoms with van der Waals surface area (Å²) in [5.41, 5.74) is 21.8. The molecule has 27 nitrogen and oxygen atoms in total. The number of guanidine groups is 1. The molecular formula is C39H67N13O14S. The molecule has 0 aromatic heterocycles. The third kappa shape index (κ3) is 22.2. The second-order valence-corrected chi connectivity index (χ2v) is 17.1. The van der Waals surface area contributed by atoms with Gasteiger partial charge < -0.3 is 80.4 Å². The van der Waals surface area contributed by atoms with Crippen molar-refractivity contribution in [3.8, 4) is 0 Å². The lowest BCUT2D eigenvalue weighted by Crippen LogP contribution is -2.60. The number of carbonyl (C=O) groups excluding carboxylic acids is 9. The number of rotatable bonds is 31. The first kappa shape index (κ1) is 58.7. The maximum absolute atomic E-state index is 13.8. The Bertz CT molecular complexity index is 1800. The fraction of sp³-hybridized carbons (Fsp3) is 0.692. The van der Waals surface area contributed by atoms with E-state index in [4.69, 9.17) is 22.9 Å². The van der Waals surface area contributed by atoms with Crippen LogP contribution in [0.1, 0.15) is 78.6 Å². The summed E-state index contributed by atoms with van der Waals surface area (Å²) in [6.07, 6.45) is 0.382. The zero-order valence-electron chi connectivity index (χ0n) is 38.0. The van der Waals surface area contributed by atoms with Crippen LogP contribution in [0.3, 0.4) is 0 Å². The van der Waals surface area contributed by atoms with Crippen LogP contribution in [-0.4, -0.2) is 178 Å². The van der Waals surface area contributed by atoms with Gasteiger partial charge in [-0.3, -0.25) is 52.9 Å². The molecule has 18 N–H and O–H groups in total. The first-order valence-electron chi connectivity index (χ1n) is 21.4. The SMILES string of the molecule is CSCC[C@H](NC(=O)[C@H](CCCN=C(N)N)NC(=O)CNC(=O)[C@H](CC(N)=O)NC(=O)[C@H](CC(C)C)NC(=O)[C@H](C)N)C(=O)N[C@@H](CCC(=O)O)C(=O)N[C@@H](CO)C(=O)N1CCC[C@H]1C(=O)O. The quantitative estimate of drug-likeness (QED) is 0.0175. The zero-order chi connectivity index (χ0) is 51.0. The molecule has 1 fully saturated rings. The lowest BCUT2D eigenvalue weighted by Gasteiger charge is -2.28. The largest absolute Gasteiger partial charge is 0.481 e. The van der Waals surface area contributed by atoms with Crippen molar-refractivity contribution in [1.29, 1.82) is 0 Å². The molecule has 1 rings (SSSR count). The molecule has 67 heavy (non-hydrogen) atoms. The number of hydrogen-bond acceptors (Lipinski definition) is 15. The van der Waals surface area contributed by atoms with E-state index in [1.165, 1.54) is 18.7 Å². The number of nitrogens with one attached hydrogen (secondary N) is 7. The lowest BCUT2D eigenvalue weighted by molar-refractivity contribution is -0.150. The van der Waals surface area contributed by atoms with Gasteiger partial charge in [0.15, 0.2) is 5.96 Å². The predicted octanol–water partition coefficient (Wildman–Crippen LogP) is -5.98. The van der Waals surface area contributed by atoms with E-state index in [2.05, 4.69) is 42.2 Å². The van der Waals surface area contributed by atoms with E-state index >= 15 is 0 Å². The second-order valence-electron chi connectivity index (χ2n) is 16.1. The van der Waals surface area contributed by atoms with Gasteiger partial charge in [0.25, 0.3) is 0 Å². The average Bonchev–Trinajstić information content (AvgIpc) is 3.75. The molecule has 1 aliphatic rings. The number of aliphatic hydroxyl groups excluding tert-OH is 1. The Hall–Kier alpha value is -6.29. The van der Waals surface area contributed by atoms with Gasteiger partial charge in [-0.1, -0.05) is 13.8 Å². The van der Waals surface area contributed by atoms with Crippen LogP contribution in [0.15, 0.2) is 4.99 Å². The van der Waals surface area contributed by atoms with Crippen molar-refractivity contribution >= 4 is 82.8 Å². The fourth-order valence-corrected chi connectivity index (χ4v) is 7.00. The Morgan fingerprint density at radius 1 is 0.716 bits per heavy atom. The highest BCUT2D eigenvalue weighted by atomic mass is 32.2. The number of amides is 9. The number of carboxylic acids is 2. The maximum atomic E-state index is 13.8. The van der Waals surface area contributed by atoms with Crippen molar-refractivity contribution in [3.05, 3.63) is 0 Å². The lowest BCUT2D eigenvalue weighted by atomic mass is 10.0. The van der Waals surface area contributed by atoms with Crippen molar-refractivity contribution in [2.75, 3.05) is 38.2 Å². The number of nitrogens with zero attached hydrogens (tertiary/aromatic N) is 2. The van der Waals surface area contributed by atoms with E-state index in [1.807, 2.05) is 0 Å². The summed E-state index contributed by atoms with van der Waals surface area (Å²) in [7, 11) is 0. The molecule has 378 valence electrons. The zero-order valence-corrected chi connectivity index (χ0v) is 38.9. The summed E-state index contributed by atoms with van der Waals surface area (Å²) < 4.78 is 0. The second kappa shape index (κ2) is 30.1. The van der Waals surface area contributed by atoms with Crippen LogP contribution < -0.4 is 60.2 Å². The number of thioether (sulfide) groups is 1. The van der Waals surface area contributed by atoms with Gasteiger partial charge in [0.1, 0.15) is 42.3 Å². The van der Waals surface area contributed by atoms with Gasteiger partial charge in [-0.05, 0) is 69.8 Å². The number of aliphatic hydroxyl groups is 1. The van der Waals surface area contributed by atoms with Crippen molar-refractivity contribution in [1.82, 2.24) is 42.1 Å². The highest BCUT2D eigenvalue weighted by Crippen LogP contribution is 2.19. The van der Waals surface area contributed by atoms with E-state index in [9.17, 15) is 68.1 Å². The molecule has 1 saturated heterocycles. The smallest absolute Gasteiger partial charge is 0.326 e. The Balaban J connectivity index is 3.29. The van der Waals surface area contributed by atoms with Crippen LogP contribution in [-0.2, 0) is 52.7 Å². The van der Waals surface area contributed by atoms with Crippen molar-refractivity contribution in [2.45, 2.75) is 127 Å². The fourth-order valence-electron chi connectivity index (χ4n) is 6.53. The normalized spacial score (nSPS) is 16.3. The minimum Gasteiger partial charge on any atom is -0.481 e. The van der Waals surface area contributed by atoms with Gasteiger partial charge in [0, 0.05) is 19.5 Å². The van der Waals surface area contributed by atoms with E-state index in [1.54, 1.807) is 20.1 Å². The molecule has 0 bridgehead atoms. The maximum Gasteiger partial charge on any atom is 0.326 e. The van der Waals surface area contributed by atoms with Crippen molar-refractivity contribution < 1.29 is 68.1 Å². The van der Waals surface area contributed by atoms with E-state index in [0.29, 0.717) is 6.42 Å². The number of hydrogen-bond donors (Lipinski definition) is 14. The molecule has 0 saturated carbocycles. The Labute approximate surface area is 391 Å². The molecule has 0 unspecified atom stereocenters. The van der Waals surface area contributed by atoms with E-state index in [0.717, 1.165) is 4.90 Å². The number of carboxylic acid groups (broad SMARTS) is 2. The van der Waals surface area contributed by atoms with Gasteiger partial charge in [-0.25, -0.2) is 4.79 Å². The molecule has 8 atom stereocenters. The highest BCUT2D eigenvalue weighted by Gasteiger charge is 2.39. The monoisotopic (exact) mass is 973 g/mol. The summed E-state index contributed by atoms with van der Waals surface area (Å²) in [6, 6.07) is -11.0. The standard InChI is InChI=1S/C39H67N13O14S/c1-19(2)15-24(49-31(58)20(3)40)36(63)50-25(16-28(41)54)32(59)45-17-29(55)46-21(7-5-12-44-39(42)43)33(60)48-23(11-14-67-4)35(62)47-22(9-10-30(56)57)34(61)51-26(18-53)37(64)52-13-6-8-27(52)38(65)66/h19-27,53H,5-18,40H2,1-4H3,(H2,41,54)(H,45,59)(H,46,55)(H,47,62)(H,48,60)(H,49,58)(H,50,63)(H,51,61)(H,56,57)(H,65,66)(H4,42,43,44)/t20-,21-,22-,23-,24-,25-,26-,27-/m0/s1. The molecule has 9 amide bonds. The predicted molar refractivity (Wildman–Crippen MR) is 241 cm³/mol. The van der Waals surface area contributed by atoms with Gasteiger partial charge in [0.2, 0.25) is 53.2 Å². The number of likely N-dealkylation sites (tertiary alicyclic amines) is 1. The van der Waals surface area contributed by atoms with Gasteiger partial charge in [-0.15, -0.1) is 0 Å². The molecule has 28 heteroatoms. The molecule has 0 radical (unpaired) electrons. The van der Waals surface area contributed by atoms with E-state index < -0.39 is 146 Å². The van der Waals surface area contributed by atoms with Crippen LogP contribution in [0, 0.1) is 5.92 Å². The Morgan fingerprint density at radius 2 is 1.25 bits per heavy atom. The summed E-state index contributed by atoms with van der Waals surface area (Å²) in [5, 5.41) is 45.6. The molecule has 0 aliphatic carbocycles. The van der Waals surface area contributed by atoms with Crippen LogP contribution in [0.2, 0.25) is 0 Å². The van der Waals surface area contributed by atoms with Crippen molar-refractivity contribution in [3.63, 3.8) is 0 Å². The first-order chi connectivity index (χ1) is 31.4. The summed E-state index contributed by atoms with van der Waals surface area (Å²) in [5.74, 6) is -11.1. The molecule has 0 aromatic rings. The van der Waals surface area contributed by atoms with Gasteiger partial charge in [-0.2, -0.15) is 11.8 Å². The third-order valence-corrected chi connectivity index (χ3v) is 10.6. The van der Waals surface area contributed by atoms with Gasteiger partial charge in [0.05, 0.1) is 25.6 Å². The van der Waals surface area contributed by atoms with Crippen molar-refractivity contribution in [2.24, 2.45) is 33.8 Å². The number of nitrogens with two attached hydrogens (primary N) is 4. The first-order valence-corrected chi connectivity index (χ1v) is 22.8. The minimum absolute atomic E-state index is 0.00150. The summed E-state index contributed by atoms with van der Waals surface area (Å²) in [6.45, 7) is 3.23. The van der Waals surface area contributed by atoms with Crippen LogP contribution in [0.4, 0.5) is 0 Å². The Morgan fingerprint density at radius 3 is 1.76 bits per heavy atom. The number of primary amides is 1. The number of aliphatic carboxylic acids is 2. The number of carbonyl (C=O) groups is 11. The van der Waals surface area contributed by atoms with Crippen LogP contribution >= 0.6 is 11.8 Å². The summed E-state index contributed by atoms with van der Waals surface area (Å²) >= 11 is 1.28. The molecule has 0 aromatic carbocycles. The molecule has 1 aliphatic heterocycles. The Kier molecular flexibility index (Phi) is 26.4. The molecule has 0 spiro atoms. The third-order valence-electron chi connectivity index (χ3n) is 9.95. The highest BCUT2D eigenvalue weighted by molar-refractivity contribution is 7.98. The molecular weight excluding hydrogens is 907 g/mol.